The molecule has 0 fully saturated rings. The predicted octanol–water partition coefficient (Wildman–Crippen LogP) is 2.86. The first kappa shape index (κ1) is 12.7. The Morgan fingerprint density at radius 1 is 1.10 bits per heavy atom. The molecule has 0 spiro atoms. The maximum atomic E-state index is 5.87. The van der Waals surface area contributed by atoms with Crippen LogP contribution in [-0.2, 0) is 13.2 Å². The maximum Gasteiger partial charge on any atom is 0.146 e. The number of nitrogens with zero attached hydrogens (tertiary/aromatic N) is 1. The molecule has 2 N–H and O–H groups in total. The molecule has 0 unspecified atom stereocenters. The summed E-state index contributed by atoms with van der Waals surface area (Å²) in [4.78, 5) is 7.77. The molecule has 1 aromatic heterocycles. The molecule has 0 saturated heterocycles. The summed E-state index contributed by atoms with van der Waals surface area (Å²) in [7, 11) is 1.93. The number of aromatic nitrogens is 2. The second kappa shape index (κ2) is 5.75. The smallest absolute Gasteiger partial charge is 0.146 e. The minimum atomic E-state index is 0.440. The number of para-hydroxylation sites is 3. The van der Waals surface area contributed by atoms with Gasteiger partial charge in [-0.15, -0.1) is 0 Å². The zero-order valence-corrected chi connectivity index (χ0v) is 11.4. The highest BCUT2D eigenvalue weighted by Gasteiger charge is 2.05. The number of aromatic amines is 1. The molecule has 0 amide bonds. The number of H-pyrrole nitrogens is 1. The van der Waals surface area contributed by atoms with Crippen molar-refractivity contribution < 1.29 is 4.74 Å². The summed E-state index contributed by atoms with van der Waals surface area (Å²) in [6.45, 7) is 1.23. The van der Waals surface area contributed by atoms with E-state index in [9.17, 15) is 0 Å². The van der Waals surface area contributed by atoms with Gasteiger partial charge in [-0.2, -0.15) is 0 Å². The summed E-state index contributed by atoms with van der Waals surface area (Å²) in [6.07, 6.45) is 0. The Labute approximate surface area is 117 Å². The topological polar surface area (TPSA) is 49.9 Å². The van der Waals surface area contributed by atoms with Crippen LogP contribution >= 0.6 is 0 Å². The lowest BCUT2D eigenvalue weighted by Gasteiger charge is -2.09. The molecule has 0 aliphatic rings. The fourth-order valence-electron chi connectivity index (χ4n) is 2.20. The molecule has 1 heterocycles. The van der Waals surface area contributed by atoms with Gasteiger partial charge >= 0.3 is 0 Å². The van der Waals surface area contributed by atoms with Gasteiger partial charge < -0.3 is 15.0 Å². The van der Waals surface area contributed by atoms with E-state index in [4.69, 9.17) is 4.74 Å². The van der Waals surface area contributed by atoms with Gasteiger partial charge in [-0.1, -0.05) is 30.3 Å². The minimum Gasteiger partial charge on any atom is -0.485 e. The van der Waals surface area contributed by atoms with Crippen LogP contribution in [0.1, 0.15) is 11.4 Å². The fourth-order valence-corrected chi connectivity index (χ4v) is 2.20. The highest BCUT2D eigenvalue weighted by atomic mass is 16.5. The van der Waals surface area contributed by atoms with E-state index in [-0.39, 0.29) is 0 Å². The number of ether oxygens (including phenoxy) is 1. The molecule has 3 aromatic rings. The van der Waals surface area contributed by atoms with Gasteiger partial charge in [0, 0.05) is 12.1 Å². The summed E-state index contributed by atoms with van der Waals surface area (Å²) >= 11 is 0. The van der Waals surface area contributed by atoms with Crippen molar-refractivity contribution in [2.24, 2.45) is 0 Å². The van der Waals surface area contributed by atoms with E-state index in [0.717, 1.165) is 34.7 Å². The van der Waals surface area contributed by atoms with E-state index < -0.39 is 0 Å². The average molecular weight is 267 g/mol. The fraction of sp³-hybridized carbons (Fsp3) is 0.188. The number of imidazole rings is 1. The van der Waals surface area contributed by atoms with Gasteiger partial charge in [0.15, 0.2) is 0 Å². The van der Waals surface area contributed by atoms with Gasteiger partial charge in [-0.3, -0.25) is 0 Å². The van der Waals surface area contributed by atoms with Gasteiger partial charge in [-0.25, -0.2) is 4.98 Å². The Hall–Kier alpha value is -2.33. The van der Waals surface area contributed by atoms with E-state index in [1.165, 1.54) is 0 Å². The van der Waals surface area contributed by atoms with Crippen LogP contribution < -0.4 is 10.1 Å². The number of hydrogen-bond donors (Lipinski definition) is 2. The van der Waals surface area contributed by atoms with Crippen molar-refractivity contribution in [3.8, 4) is 5.75 Å². The zero-order valence-electron chi connectivity index (χ0n) is 11.4. The highest BCUT2D eigenvalue weighted by Crippen LogP contribution is 2.19. The molecule has 4 nitrogen and oxygen atoms in total. The average Bonchev–Trinajstić information content (AvgIpc) is 2.89. The largest absolute Gasteiger partial charge is 0.485 e. The lowest BCUT2D eigenvalue weighted by atomic mass is 10.2. The number of rotatable bonds is 5. The summed E-state index contributed by atoms with van der Waals surface area (Å²) in [6, 6.07) is 16.0. The van der Waals surface area contributed by atoms with Crippen LogP contribution in [0, 0.1) is 0 Å². The summed E-state index contributed by atoms with van der Waals surface area (Å²) < 4.78 is 5.87. The van der Waals surface area contributed by atoms with E-state index >= 15 is 0 Å². The SMILES string of the molecule is CNCc1ccccc1OCc1nc2ccccc2[nH]1. The Balaban J connectivity index is 1.76. The Bertz CT molecular complexity index is 673. The third kappa shape index (κ3) is 2.65. The Morgan fingerprint density at radius 3 is 2.75 bits per heavy atom. The van der Waals surface area contributed by atoms with Gasteiger partial charge in [0.2, 0.25) is 0 Å². The molecule has 0 saturated carbocycles. The Morgan fingerprint density at radius 2 is 1.90 bits per heavy atom. The van der Waals surface area contributed by atoms with Crippen molar-refractivity contribution in [2.45, 2.75) is 13.2 Å². The van der Waals surface area contributed by atoms with Crippen molar-refractivity contribution >= 4 is 11.0 Å². The number of benzene rings is 2. The van der Waals surface area contributed by atoms with Gasteiger partial charge in [0.05, 0.1) is 11.0 Å². The maximum absolute atomic E-state index is 5.87. The molecule has 4 heteroatoms. The van der Waals surface area contributed by atoms with Gasteiger partial charge in [0.1, 0.15) is 18.2 Å². The van der Waals surface area contributed by atoms with Crippen LogP contribution in [0.2, 0.25) is 0 Å². The van der Waals surface area contributed by atoms with Crippen molar-refractivity contribution in [1.29, 1.82) is 0 Å². The minimum absolute atomic E-state index is 0.440. The second-order valence-electron chi connectivity index (χ2n) is 4.63. The van der Waals surface area contributed by atoms with Gasteiger partial charge in [-0.05, 0) is 25.2 Å². The number of hydrogen-bond acceptors (Lipinski definition) is 3. The Kier molecular flexibility index (Phi) is 3.65. The van der Waals surface area contributed by atoms with Crippen LogP contribution in [0.4, 0.5) is 0 Å². The molecule has 3 rings (SSSR count). The van der Waals surface area contributed by atoms with Crippen LogP contribution in [0.25, 0.3) is 11.0 Å². The molecular weight excluding hydrogens is 250 g/mol. The van der Waals surface area contributed by atoms with Crippen molar-refractivity contribution in [1.82, 2.24) is 15.3 Å². The van der Waals surface area contributed by atoms with Gasteiger partial charge in [0.25, 0.3) is 0 Å². The van der Waals surface area contributed by atoms with Crippen molar-refractivity contribution in [2.75, 3.05) is 7.05 Å². The van der Waals surface area contributed by atoms with Crippen LogP contribution in [0.3, 0.4) is 0 Å². The first-order valence-corrected chi connectivity index (χ1v) is 6.66. The number of nitrogens with one attached hydrogen (secondary N) is 2. The highest BCUT2D eigenvalue weighted by molar-refractivity contribution is 5.74. The molecule has 0 atom stereocenters. The molecule has 102 valence electrons. The molecule has 0 aliphatic heterocycles. The monoisotopic (exact) mass is 267 g/mol. The lowest BCUT2D eigenvalue weighted by molar-refractivity contribution is 0.294. The summed E-state index contributed by atoms with van der Waals surface area (Å²) in [5, 5.41) is 3.14. The second-order valence-corrected chi connectivity index (χ2v) is 4.63. The normalized spacial score (nSPS) is 10.8. The third-order valence-electron chi connectivity index (χ3n) is 3.14. The molecule has 0 radical (unpaired) electrons. The van der Waals surface area contributed by atoms with Crippen molar-refractivity contribution in [3.05, 3.63) is 59.9 Å². The van der Waals surface area contributed by atoms with E-state index in [1.807, 2.05) is 49.5 Å². The molecule has 2 aromatic carbocycles. The summed E-state index contributed by atoms with van der Waals surface area (Å²) in [5.74, 6) is 1.73. The van der Waals surface area contributed by atoms with E-state index in [0.29, 0.717) is 6.61 Å². The molecular formula is C16H17N3O. The first-order chi connectivity index (χ1) is 9.86. The van der Waals surface area contributed by atoms with E-state index in [2.05, 4.69) is 21.4 Å². The molecule has 0 bridgehead atoms. The van der Waals surface area contributed by atoms with Crippen LogP contribution in [-0.4, -0.2) is 17.0 Å². The zero-order chi connectivity index (χ0) is 13.8. The molecule has 0 aliphatic carbocycles. The third-order valence-corrected chi connectivity index (χ3v) is 3.14. The van der Waals surface area contributed by atoms with E-state index in [1.54, 1.807) is 0 Å². The quantitative estimate of drug-likeness (QED) is 0.747. The summed E-state index contributed by atoms with van der Waals surface area (Å²) in [5.41, 5.74) is 3.15. The predicted molar refractivity (Wildman–Crippen MR) is 79.6 cm³/mol. The number of fused-ring (bicyclic) bond motifs is 1. The van der Waals surface area contributed by atoms with Crippen LogP contribution in [0.15, 0.2) is 48.5 Å². The van der Waals surface area contributed by atoms with Crippen LogP contribution in [0.5, 0.6) is 5.75 Å². The standard InChI is InChI=1S/C16H17N3O/c1-17-10-12-6-2-5-9-15(12)20-11-16-18-13-7-3-4-8-14(13)19-16/h2-9,17H,10-11H2,1H3,(H,18,19). The lowest BCUT2D eigenvalue weighted by Crippen LogP contribution is -2.07. The van der Waals surface area contributed by atoms with Crippen molar-refractivity contribution in [3.63, 3.8) is 0 Å². The molecule has 20 heavy (non-hydrogen) atoms. The first-order valence-electron chi connectivity index (χ1n) is 6.66.